The molecule has 0 unspecified atom stereocenters. The number of aromatic nitrogens is 2. The van der Waals surface area contributed by atoms with Crippen LogP contribution in [0, 0.1) is 6.92 Å². The van der Waals surface area contributed by atoms with Crippen LogP contribution >= 0.6 is 0 Å². The van der Waals surface area contributed by atoms with Gasteiger partial charge in [0.1, 0.15) is 0 Å². The van der Waals surface area contributed by atoms with Crippen molar-refractivity contribution >= 4 is 11.8 Å². The Morgan fingerprint density at radius 1 is 1.58 bits per heavy atom. The molecule has 64 valence electrons. The molecule has 5 heteroatoms. The van der Waals surface area contributed by atoms with Gasteiger partial charge < -0.3 is 5.11 Å². The van der Waals surface area contributed by atoms with Crippen molar-refractivity contribution in [3.63, 3.8) is 0 Å². The minimum Gasteiger partial charge on any atom is -0.475 e. The third-order valence-corrected chi connectivity index (χ3v) is 1.45. The van der Waals surface area contributed by atoms with Crippen LogP contribution in [0.2, 0.25) is 0 Å². The number of Topliss-reactive ketones (excluding diaryl/α,β-unsaturated/α-hetero) is 1. The second-order valence-corrected chi connectivity index (χ2v) is 2.44. The molecule has 0 aliphatic carbocycles. The van der Waals surface area contributed by atoms with E-state index in [1.165, 1.54) is 10.9 Å². The maximum Gasteiger partial charge on any atom is 0.377 e. The van der Waals surface area contributed by atoms with E-state index in [0.717, 1.165) is 0 Å². The lowest BCUT2D eigenvalue weighted by Gasteiger charge is -1.88. The van der Waals surface area contributed by atoms with Crippen molar-refractivity contribution in [1.82, 2.24) is 9.78 Å². The highest BCUT2D eigenvalue weighted by molar-refractivity contribution is 6.40. The molecule has 1 aromatic heterocycles. The zero-order valence-electron chi connectivity index (χ0n) is 6.74. The lowest BCUT2D eigenvalue weighted by Crippen LogP contribution is -2.12. The summed E-state index contributed by atoms with van der Waals surface area (Å²) in [5.41, 5.74) is 0.579. The first-order valence-electron chi connectivity index (χ1n) is 3.30. The van der Waals surface area contributed by atoms with Crippen LogP contribution in [0.1, 0.15) is 16.1 Å². The number of ketones is 1. The maximum absolute atomic E-state index is 10.9. The lowest BCUT2D eigenvalue weighted by atomic mass is 10.2. The van der Waals surface area contributed by atoms with Gasteiger partial charge in [-0.1, -0.05) is 0 Å². The highest BCUT2D eigenvalue weighted by Gasteiger charge is 2.18. The van der Waals surface area contributed by atoms with Crippen LogP contribution < -0.4 is 0 Å². The van der Waals surface area contributed by atoms with Gasteiger partial charge in [-0.2, -0.15) is 5.10 Å². The molecular formula is C7H8N2O3. The number of nitrogens with zero attached hydrogens (tertiary/aromatic N) is 2. The average Bonchev–Trinajstić information content (AvgIpc) is 2.28. The van der Waals surface area contributed by atoms with E-state index < -0.39 is 11.8 Å². The molecule has 0 spiro atoms. The summed E-state index contributed by atoms with van der Waals surface area (Å²) in [6.07, 6.45) is 1.39. The molecule has 1 rings (SSSR count). The van der Waals surface area contributed by atoms with E-state index in [1.807, 2.05) is 0 Å². The molecule has 0 aliphatic rings. The van der Waals surface area contributed by atoms with Crippen molar-refractivity contribution in [2.45, 2.75) is 6.92 Å². The van der Waals surface area contributed by atoms with E-state index in [-0.39, 0.29) is 5.56 Å². The predicted molar refractivity (Wildman–Crippen MR) is 39.9 cm³/mol. The first kappa shape index (κ1) is 8.45. The van der Waals surface area contributed by atoms with Gasteiger partial charge in [0, 0.05) is 13.2 Å². The van der Waals surface area contributed by atoms with Gasteiger partial charge in [0.25, 0.3) is 5.78 Å². The van der Waals surface area contributed by atoms with Crippen LogP contribution in [0.15, 0.2) is 6.20 Å². The summed E-state index contributed by atoms with van der Waals surface area (Å²) >= 11 is 0. The summed E-state index contributed by atoms with van der Waals surface area (Å²) in [4.78, 5) is 21.2. The van der Waals surface area contributed by atoms with Gasteiger partial charge in [-0.15, -0.1) is 0 Å². The lowest BCUT2D eigenvalue weighted by molar-refractivity contribution is -0.131. The molecule has 1 N–H and O–H groups in total. The third-order valence-electron chi connectivity index (χ3n) is 1.45. The van der Waals surface area contributed by atoms with Crippen LogP contribution in [-0.2, 0) is 11.8 Å². The van der Waals surface area contributed by atoms with E-state index in [1.54, 1.807) is 14.0 Å². The van der Waals surface area contributed by atoms with Crippen LogP contribution in [0.5, 0.6) is 0 Å². The zero-order valence-corrected chi connectivity index (χ0v) is 6.74. The van der Waals surface area contributed by atoms with Gasteiger partial charge in [0.05, 0.1) is 11.3 Å². The molecule has 0 aliphatic heterocycles. The van der Waals surface area contributed by atoms with Crippen molar-refractivity contribution < 1.29 is 14.7 Å². The SMILES string of the molecule is Cc1nn(C)cc1C(=O)C(=O)O. The molecule has 0 bridgehead atoms. The van der Waals surface area contributed by atoms with E-state index >= 15 is 0 Å². The van der Waals surface area contributed by atoms with Gasteiger partial charge >= 0.3 is 5.97 Å². The van der Waals surface area contributed by atoms with Crippen molar-refractivity contribution in [3.05, 3.63) is 17.5 Å². The first-order valence-corrected chi connectivity index (χ1v) is 3.30. The van der Waals surface area contributed by atoms with E-state index in [0.29, 0.717) is 5.69 Å². The van der Waals surface area contributed by atoms with Gasteiger partial charge in [-0.3, -0.25) is 9.48 Å². The summed E-state index contributed by atoms with van der Waals surface area (Å²) in [6.45, 7) is 1.59. The Labute approximate surface area is 68.6 Å². The van der Waals surface area contributed by atoms with Crippen LogP contribution in [0.4, 0.5) is 0 Å². The predicted octanol–water partition coefficient (Wildman–Crippen LogP) is -0.00418. The average molecular weight is 168 g/mol. The number of carbonyl (C=O) groups is 2. The molecule has 5 nitrogen and oxygen atoms in total. The zero-order chi connectivity index (χ0) is 9.30. The summed E-state index contributed by atoms with van der Waals surface area (Å²) in [5, 5.41) is 12.2. The topological polar surface area (TPSA) is 72.2 Å². The highest BCUT2D eigenvalue weighted by Crippen LogP contribution is 2.05. The van der Waals surface area contributed by atoms with Gasteiger partial charge in [0.15, 0.2) is 0 Å². The number of rotatable bonds is 2. The summed E-state index contributed by atoms with van der Waals surface area (Å²) in [6, 6.07) is 0. The number of aryl methyl sites for hydroxylation is 2. The quantitative estimate of drug-likeness (QED) is 0.498. The van der Waals surface area contributed by atoms with Gasteiger partial charge in [-0.05, 0) is 6.92 Å². The molecule has 0 saturated heterocycles. The Hall–Kier alpha value is -1.65. The molecule has 0 fully saturated rings. The number of carboxylic acid groups (broad SMARTS) is 1. The van der Waals surface area contributed by atoms with E-state index in [2.05, 4.69) is 5.10 Å². The highest BCUT2D eigenvalue weighted by atomic mass is 16.4. The van der Waals surface area contributed by atoms with Crippen molar-refractivity contribution in [2.75, 3.05) is 0 Å². The Kier molecular flexibility index (Phi) is 1.95. The molecule has 12 heavy (non-hydrogen) atoms. The minimum atomic E-state index is -1.45. The van der Waals surface area contributed by atoms with Crippen molar-refractivity contribution in [1.29, 1.82) is 0 Å². The fraction of sp³-hybridized carbons (Fsp3) is 0.286. The molecule has 0 saturated carbocycles. The Bertz CT molecular complexity index is 340. The molecule has 0 radical (unpaired) electrons. The fourth-order valence-corrected chi connectivity index (χ4v) is 0.938. The van der Waals surface area contributed by atoms with Crippen molar-refractivity contribution in [2.24, 2.45) is 7.05 Å². The first-order chi connectivity index (χ1) is 5.52. The third kappa shape index (κ3) is 1.34. The fourth-order valence-electron chi connectivity index (χ4n) is 0.938. The second-order valence-electron chi connectivity index (χ2n) is 2.44. The number of carboxylic acids is 1. The smallest absolute Gasteiger partial charge is 0.377 e. The normalized spacial score (nSPS) is 9.83. The molecule has 0 aromatic carbocycles. The van der Waals surface area contributed by atoms with Gasteiger partial charge in [-0.25, -0.2) is 4.79 Å². The van der Waals surface area contributed by atoms with Crippen LogP contribution in [0.25, 0.3) is 0 Å². The molecule has 1 aromatic rings. The number of carbonyl (C=O) groups excluding carboxylic acids is 1. The monoisotopic (exact) mass is 168 g/mol. The Morgan fingerprint density at radius 3 is 2.50 bits per heavy atom. The summed E-state index contributed by atoms with van der Waals surface area (Å²) in [5.74, 6) is -2.37. The second kappa shape index (κ2) is 2.77. The van der Waals surface area contributed by atoms with Crippen LogP contribution in [-0.4, -0.2) is 26.6 Å². The Balaban J connectivity index is 3.11. The molecular weight excluding hydrogens is 160 g/mol. The minimum absolute atomic E-state index is 0.144. The maximum atomic E-state index is 10.9. The number of hydrogen-bond donors (Lipinski definition) is 1. The van der Waals surface area contributed by atoms with Crippen molar-refractivity contribution in [3.8, 4) is 0 Å². The molecule has 1 heterocycles. The number of hydrogen-bond acceptors (Lipinski definition) is 3. The van der Waals surface area contributed by atoms with Crippen LogP contribution in [0.3, 0.4) is 0 Å². The van der Waals surface area contributed by atoms with E-state index in [9.17, 15) is 9.59 Å². The van der Waals surface area contributed by atoms with Gasteiger partial charge in [0.2, 0.25) is 0 Å². The standard InChI is InChI=1S/C7H8N2O3/c1-4-5(3-9(2)8-4)6(10)7(11)12/h3H,1-2H3,(H,11,12). The summed E-state index contributed by atoms with van der Waals surface area (Å²) < 4.78 is 1.41. The summed E-state index contributed by atoms with van der Waals surface area (Å²) in [7, 11) is 1.63. The Morgan fingerprint density at radius 2 is 2.17 bits per heavy atom. The van der Waals surface area contributed by atoms with E-state index in [4.69, 9.17) is 5.11 Å². The molecule has 0 amide bonds. The number of aliphatic carboxylic acids is 1. The largest absolute Gasteiger partial charge is 0.475 e. The molecule has 0 atom stereocenters.